The molecular formula is C11H14FN3O2. The van der Waals surface area contributed by atoms with Crippen LogP contribution in [0.15, 0.2) is 18.3 Å². The molecule has 0 aliphatic rings. The Morgan fingerprint density at radius 3 is 2.65 bits per heavy atom. The molecule has 0 spiro atoms. The summed E-state index contributed by atoms with van der Waals surface area (Å²) in [5.41, 5.74) is -0.175. The SMILES string of the molecule is CC(NC(=O)c1cccnc1F)C(=O)N(C)C. The van der Waals surface area contributed by atoms with E-state index in [1.807, 2.05) is 0 Å². The number of carbonyl (C=O) groups excluding carboxylic acids is 2. The summed E-state index contributed by atoms with van der Waals surface area (Å²) in [6.07, 6.45) is 1.25. The predicted molar refractivity (Wildman–Crippen MR) is 59.8 cm³/mol. The lowest BCUT2D eigenvalue weighted by Crippen LogP contribution is -2.44. The number of amides is 2. The van der Waals surface area contributed by atoms with E-state index in [1.54, 1.807) is 14.1 Å². The van der Waals surface area contributed by atoms with Gasteiger partial charge in [0, 0.05) is 20.3 Å². The van der Waals surface area contributed by atoms with E-state index in [9.17, 15) is 14.0 Å². The van der Waals surface area contributed by atoms with Crippen LogP contribution in [-0.2, 0) is 4.79 Å². The van der Waals surface area contributed by atoms with Crippen molar-refractivity contribution in [2.24, 2.45) is 0 Å². The first-order chi connectivity index (χ1) is 7.93. The smallest absolute Gasteiger partial charge is 0.256 e. The van der Waals surface area contributed by atoms with E-state index in [2.05, 4.69) is 10.3 Å². The Kier molecular flexibility index (Phi) is 4.14. The van der Waals surface area contributed by atoms with Crippen molar-refractivity contribution in [1.82, 2.24) is 15.2 Å². The van der Waals surface area contributed by atoms with E-state index in [4.69, 9.17) is 0 Å². The third-order valence-electron chi connectivity index (χ3n) is 2.16. The predicted octanol–water partition coefficient (Wildman–Crippen LogP) is 0.427. The molecule has 1 N–H and O–H groups in total. The molecular weight excluding hydrogens is 225 g/mol. The minimum absolute atomic E-state index is 0.175. The van der Waals surface area contributed by atoms with Gasteiger partial charge in [0.15, 0.2) is 0 Å². The first-order valence-electron chi connectivity index (χ1n) is 5.06. The van der Waals surface area contributed by atoms with E-state index in [0.29, 0.717) is 0 Å². The number of hydrogen-bond acceptors (Lipinski definition) is 3. The molecule has 6 heteroatoms. The van der Waals surface area contributed by atoms with Crippen LogP contribution in [0.3, 0.4) is 0 Å². The molecule has 1 heterocycles. The number of carbonyl (C=O) groups is 2. The maximum Gasteiger partial charge on any atom is 0.256 e. The number of hydrogen-bond donors (Lipinski definition) is 1. The molecule has 17 heavy (non-hydrogen) atoms. The maximum absolute atomic E-state index is 13.2. The van der Waals surface area contributed by atoms with Gasteiger partial charge in [-0.15, -0.1) is 0 Å². The highest BCUT2D eigenvalue weighted by Crippen LogP contribution is 2.03. The maximum atomic E-state index is 13.2. The van der Waals surface area contributed by atoms with Gasteiger partial charge in [-0.1, -0.05) is 0 Å². The standard InChI is InChI=1S/C11H14FN3O2/c1-7(11(17)15(2)3)14-10(16)8-5-4-6-13-9(8)12/h4-7H,1-3H3,(H,14,16). The van der Waals surface area contributed by atoms with Crippen LogP contribution in [0.2, 0.25) is 0 Å². The number of halogens is 1. The van der Waals surface area contributed by atoms with Crippen molar-refractivity contribution in [3.63, 3.8) is 0 Å². The normalized spacial score (nSPS) is 11.8. The van der Waals surface area contributed by atoms with Crippen LogP contribution < -0.4 is 5.32 Å². The average molecular weight is 239 g/mol. The Hall–Kier alpha value is -1.98. The van der Waals surface area contributed by atoms with Crippen molar-refractivity contribution < 1.29 is 14.0 Å². The summed E-state index contributed by atoms with van der Waals surface area (Å²) in [6, 6.07) is 2.05. The van der Waals surface area contributed by atoms with E-state index in [-0.39, 0.29) is 11.5 Å². The van der Waals surface area contributed by atoms with Gasteiger partial charge in [0.2, 0.25) is 11.9 Å². The van der Waals surface area contributed by atoms with Crippen LogP contribution in [0.25, 0.3) is 0 Å². The molecule has 5 nitrogen and oxygen atoms in total. The number of nitrogens with zero attached hydrogens (tertiary/aromatic N) is 2. The van der Waals surface area contributed by atoms with Crippen molar-refractivity contribution in [2.75, 3.05) is 14.1 Å². The Morgan fingerprint density at radius 2 is 2.12 bits per heavy atom. The molecule has 1 atom stereocenters. The van der Waals surface area contributed by atoms with Crippen molar-refractivity contribution in [2.45, 2.75) is 13.0 Å². The fraction of sp³-hybridized carbons (Fsp3) is 0.364. The van der Waals surface area contributed by atoms with Gasteiger partial charge in [-0.25, -0.2) is 4.98 Å². The lowest BCUT2D eigenvalue weighted by Gasteiger charge is -2.17. The second kappa shape index (κ2) is 5.38. The molecule has 0 radical (unpaired) electrons. The van der Waals surface area contributed by atoms with Gasteiger partial charge in [-0.2, -0.15) is 4.39 Å². The Balaban J connectivity index is 2.74. The summed E-state index contributed by atoms with van der Waals surface area (Å²) in [4.78, 5) is 27.9. The third-order valence-corrected chi connectivity index (χ3v) is 2.16. The summed E-state index contributed by atoms with van der Waals surface area (Å²) in [7, 11) is 3.16. The molecule has 0 aliphatic carbocycles. The molecule has 0 saturated heterocycles. The molecule has 0 aromatic carbocycles. The summed E-state index contributed by atoms with van der Waals surface area (Å²) < 4.78 is 13.2. The molecule has 1 aromatic rings. The molecule has 92 valence electrons. The number of aromatic nitrogens is 1. The number of pyridine rings is 1. The molecule has 0 fully saturated rings. The zero-order valence-corrected chi connectivity index (χ0v) is 9.90. The fourth-order valence-electron chi connectivity index (χ4n) is 1.28. The number of nitrogens with one attached hydrogen (secondary N) is 1. The van der Waals surface area contributed by atoms with Crippen molar-refractivity contribution in [3.8, 4) is 0 Å². The zero-order chi connectivity index (χ0) is 13.0. The summed E-state index contributed by atoms with van der Waals surface area (Å²) in [5, 5.41) is 2.41. The average Bonchev–Trinajstić information content (AvgIpc) is 2.28. The highest BCUT2D eigenvalue weighted by molar-refractivity contribution is 5.97. The second-order valence-electron chi connectivity index (χ2n) is 3.77. The molecule has 0 bridgehead atoms. The van der Waals surface area contributed by atoms with Crippen LogP contribution in [0.4, 0.5) is 4.39 Å². The van der Waals surface area contributed by atoms with Crippen molar-refractivity contribution in [3.05, 3.63) is 29.8 Å². The third kappa shape index (κ3) is 3.24. The summed E-state index contributed by atoms with van der Waals surface area (Å²) in [5.74, 6) is -1.77. The van der Waals surface area contributed by atoms with E-state index in [1.165, 1.54) is 30.2 Å². The highest BCUT2D eigenvalue weighted by atomic mass is 19.1. The molecule has 1 unspecified atom stereocenters. The van der Waals surface area contributed by atoms with Gasteiger partial charge in [0.1, 0.15) is 6.04 Å². The second-order valence-corrected chi connectivity index (χ2v) is 3.77. The van der Waals surface area contributed by atoms with Crippen LogP contribution in [0, 0.1) is 5.95 Å². The van der Waals surface area contributed by atoms with Crippen LogP contribution in [0.1, 0.15) is 17.3 Å². The topological polar surface area (TPSA) is 62.3 Å². The lowest BCUT2D eigenvalue weighted by atomic mass is 10.2. The van der Waals surface area contributed by atoms with Gasteiger partial charge < -0.3 is 10.2 Å². The minimum Gasteiger partial charge on any atom is -0.347 e. The first kappa shape index (κ1) is 13.1. The van der Waals surface area contributed by atoms with E-state index >= 15 is 0 Å². The first-order valence-corrected chi connectivity index (χ1v) is 5.06. The largest absolute Gasteiger partial charge is 0.347 e. The van der Waals surface area contributed by atoms with Gasteiger partial charge in [-0.05, 0) is 19.1 Å². The minimum atomic E-state index is -0.852. The van der Waals surface area contributed by atoms with Gasteiger partial charge in [-0.3, -0.25) is 9.59 Å². The molecule has 1 rings (SSSR count). The molecule has 0 saturated carbocycles. The summed E-state index contributed by atoms with van der Waals surface area (Å²) in [6.45, 7) is 1.54. The van der Waals surface area contributed by atoms with E-state index < -0.39 is 17.9 Å². The zero-order valence-electron chi connectivity index (χ0n) is 9.90. The molecule has 1 aromatic heterocycles. The van der Waals surface area contributed by atoms with Crippen LogP contribution >= 0.6 is 0 Å². The highest BCUT2D eigenvalue weighted by Gasteiger charge is 2.19. The van der Waals surface area contributed by atoms with E-state index in [0.717, 1.165) is 0 Å². The lowest BCUT2D eigenvalue weighted by molar-refractivity contribution is -0.130. The fourth-order valence-corrected chi connectivity index (χ4v) is 1.28. The quantitative estimate of drug-likeness (QED) is 0.778. The Morgan fingerprint density at radius 1 is 1.47 bits per heavy atom. The van der Waals surface area contributed by atoms with Crippen LogP contribution in [-0.4, -0.2) is 41.8 Å². The van der Waals surface area contributed by atoms with Crippen molar-refractivity contribution >= 4 is 11.8 Å². The Bertz CT molecular complexity index is 434. The number of likely N-dealkylation sites (N-methyl/N-ethyl adjacent to an activating group) is 1. The van der Waals surface area contributed by atoms with Gasteiger partial charge in [0.05, 0.1) is 5.56 Å². The van der Waals surface area contributed by atoms with Gasteiger partial charge >= 0.3 is 0 Å². The summed E-state index contributed by atoms with van der Waals surface area (Å²) >= 11 is 0. The van der Waals surface area contributed by atoms with Gasteiger partial charge in [0.25, 0.3) is 5.91 Å². The monoisotopic (exact) mass is 239 g/mol. The van der Waals surface area contributed by atoms with Crippen molar-refractivity contribution in [1.29, 1.82) is 0 Å². The van der Waals surface area contributed by atoms with Crippen LogP contribution in [0.5, 0.6) is 0 Å². The molecule has 2 amide bonds. The number of rotatable bonds is 3. The molecule has 0 aliphatic heterocycles. The Labute approximate surface area is 98.6 Å².